The Morgan fingerprint density at radius 3 is 2.74 bits per heavy atom. The summed E-state index contributed by atoms with van der Waals surface area (Å²) in [5, 5.41) is 3.58. The molecule has 1 aromatic heterocycles. The summed E-state index contributed by atoms with van der Waals surface area (Å²) < 4.78 is 1.58. The van der Waals surface area contributed by atoms with E-state index in [4.69, 9.17) is 0 Å². The van der Waals surface area contributed by atoms with Crippen molar-refractivity contribution in [3.05, 3.63) is 22.7 Å². The average molecular weight is 376 g/mol. The Bertz CT molecular complexity index is 694. The van der Waals surface area contributed by atoms with Crippen LogP contribution in [0.4, 0.5) is 5.82 Å². The zero-order valence-electron chi connectivity index (χ0n) is 16.9. The second kappa shape index (κ2) is 9.21. The highest BCUT2D eigenvalue weighted by Gasteiger charge is 2.24. The Hall–Kier alpha value is -2.09. The van der Waals surface area contributed by atoms with Crippen LogP contribution in [0.1, 0.15) is 26.2 Å². The molecular formula is C19H33N7O. The van der Waals surface area contributed by atoms with E-state index in [0.29, 0.717) is 11.9 Å². The van der Waals surface area contributed by atoms with Crippen LogP contribution in [0.5, 0.6) is 0 Å². The minimum atomic E-state index is -0.0367. The van der Waals surface area contributed by atoms with Gasteiger partial charge >= 0.3 is 0 Å². The minimum absolute atomic E-state index is 0.0367. The van der Waals surface area contributed by atoms with Crippen molar-refractivity contribution >= 4 is 11.8 Å². The molecule has 3 heterocycles. The van der Waals surface area contributed by atoms with Gasteiger partial charge in [0.15, 0.2) is 11.8 Å². The molecule has 0 amide bonds. The summed E-state index contributed by atoms with van der Waals surface area (Å²) in [4.78, 5) is 28.0. The largest absolute Gasteiger partial charge is 0.355 e. The third-order valence-corrected chi connectivity index (χ3v) is 5.74. The number of piperazine rings is 1. The molecule has 0 spiro atoms. The van der Waals surface area contributed by atoms with Gasteiger partial charge in [0.2, 0.25) is 0 Å². The quantitative estimate of drug-likeness (QED) is 0.605. The van der Waals surface area contributed by atoms with Gasteiger partial charge in [-0.15, -0.1) is 0 Å². The lowest BCUT2D eigenvalue weighted by Crippen LogP contribution is -2.55. The Morgan fingerprint density at radius 2 is 2.04 bits per heavy atom. The van der Waals surface area contributed by atoms with E-state index in [2.05, 4.69) is 36.9 Å². The number of piperidine rings is 1. The molecule has 0 aromatic carbocycles. The van der Waals surface area contributed by atoms with Crippen LogP contribution in [0.15, 0.2) is 22.2 Å². The molecule has 1 N–H and O–H groups in total. The molecule has 0 saturated carbocycles. The fourth-order valence-corrected chi connectivity index (χ4v) is 4.08. The molecular weight excluding hydrogens is 342 g/mol. The summed E-state index contributed by atoms with van der Waals surface area (Å²) in [6.07, 6.45) is 7.27. The first-order valence-electron chi connectivity index (χ1n) is 10.1. The van der Waals surface area contributed by atoms with Gasteiger partial charge in [-0.3, -0.25) is 14.7 Å². The summed E-state index contributed by atoms with van der Waals surface area (Å²) in [5.41, 5.74) is -0.0367. The van der Waals surface area contributed by atoms with E-state index in [1.165, 1.54) is 25.8 Å². The van der Waals surface area contributed by atoms with Gasteiger partial charge in [-0.1, -0.05) is 13.3 Å². The minimum Gasteiger partial charge on any atom is -0.355 e. The third kappa shape index (κ3) is 4.61. The van der Waals surface area contributed by atoms with E-state index >= 15 is 0 Å². The normalized spacial score (nSPS) is 22.2. The van der Waals surface area contributed by atoms with Gasteiger partial charge in [0.1, 0.15) is 0 Å². The number of rotatable bonds is 4. The summed E-state index contributed by atoms with van der Waals surface area (Å²) in [6, 6.07) is 0.596. The summed E-state index contributed by atoms with van der Waals surface area (Å²) in [5.74, 6) is 1.51. The van der Waals surface area contributed by atoms with Crippen molar-refractivity contribution in [1.82, 2.24) is 24.7 Å². The van der Waals surface area contributed by atoms with E-state index in [1.807, 2.05) is 7.05 Å². The molecule has 150 valence electrons. The standard InChI is InChI=1S/C19H33N7O/c1-4-24-9-6-5-7-16(24)15-22-19(20-2)26-13-11-25(12-14-26)17-18(27)23(3)10-8-21-17/h8,10,16H,4-7,9,11-15H2,1-3H3,(H,20,22). The van der Waals surface area contributed by atoms with Gasteiger partial charge in [-0.2, -0.15) is 0 Å². The van der Waals surface area contributed by atoms with E-state index in [1.54, 1.807) is 24.0 Å². The van der Waals surface area contributed by atoms with Gasteiger partial charge in [0, 0.05) is 65.3 Å². The number of nitrogens with zero attached hydrogens (tertiary/aromatic N) is 6. The predicted molar refractivity (Wildman–Crippen MR) is 110 cm³/mol. The SMILES string of the molecule is CCN1CCCCC1CNC(=NC)N1CCN(c2nccn(C)c2=O)CC1. The van der Waals surface area contributed by atoms with Crippen molar-refractivity contribution < 1.29 is 0 Å². The molecule has 8 nitrogen and oxygen atoms in total. The number of nitrogens with one attached hydrogen (secondary N) is 1. The zero-order chi connectivity index (χ0) is 19.2. The Kier molecular flexibility index (Phi) is 6.71. The van der Waals surface area contributed by atoms with Crippen molar-refractivity contribution in [1.29, 1.82) is 0 Å². The smallest absolute Gasteiger partial charge is 0.293 e. The summed E-state index contributed by atoms with van der Waals surface area (Å²) >= 11 is 0. The Morgan fingerprint density at radius 1 is 1.26 bits per heavy atom. The number of likely N-dealkylation sites (tertiary alicyclic amines) is 1. The lowest BCUT2D eigenvalue weighted by molar-refractivity contribution is 0.156. The molecule has 2 aliphatic heterocycles. The second-order valence-corrected chi connectivity index (χ2v) is 7.35. The van der Waals surface area contributed by atoms with Crippen LogP contribution >= 0.6 is 0 Å². The fourth-order valence-electron chi connectivity index (χ4n) is 4.08. The fraction of sp³-hybridized carbons (Fsp3) is 0.737. The lowest BCUT2D eigenvalue weighted by atomic mass is 10.0. The molecule has 3 rings (SSSR count). The van der Waals surface area contributed by atoms with Crippen molar-refractivity contribution in [2.45, 2.75) is 32.2 Å². The molecule has 1 unspecified atom stereocenters. The van der Waals surface area contributed by atoms with Crippen molar-refractivity contribution in [2.75, 3.05) is 57.8 Å². The molecule has 0 radical (unpaired) electrons. The van der Waals surface area contributed by atoms with Gasteiger partial charge in [0.05, 0.1) is 0 Å². The van der Waals surface area contributed by atoms with Crippen LogP contribution in [0.2, 0.25) is 0 Å². The molecule has 2 aliphatic rings. The first-order chi connectivity index (χ1) is 13.1. The topological polar surface area (TPSA) is 69.0 Å². The van der Waals surface area contributed by atoms with Crippen LogP contribution in [-0.4, -0.2) is 84.2 Å². The molecule has 27 heavy (non-hydrogen) atoms. The van der Waals surface area contributed by atoms with E-state index < -0.39 is 0 Å². The molecule has 0 bridgehead atoms. The molecule has 1 atom stereocenters. The number of hydrogen-bond donors (Lipinski definition) is 1. The van der Waals surface area contributed by atoms with Crippen molar-refractivity contribution in [3.63, 3.8) is 0 Å². The van der Waals surface area contributed by atoms with Gasteiger partial charge in [-0.25, -0.2) is 4.98 Å². The molecule has 0 aliphatic carbocycles. The van der Waals surface area contributed by atoms with Crippen LogP contribution in [0, 0.1) is 0 Å². The van der Waals surface area contributed by atoms with Crippen LogP contribution < -0.4 is 15.8 Å². The third-order valence-electron chi connectivity index (χ3n) is 5.74. The molecule has 8 heteroatoms. The Balaban J connectivity index is 1.54. The number of anilines is 1. The van der Waals surface area contributed by atoms with Crippen LogP contribution in [0.3, 0.4) is 0 Å². The van der Waals surface area contributed by atoms with Gasteiger partial charge < -0.3 is 19.7 Å². The first-order valence-corrected chi connectivity index (χ1v) is 10.1. The van der Waals surface area contributed by atoms with Crippen LogP contribution in [-0.2, 0) is 7.05 Å². The number of hydrogen-bond acceptors (Lipinski definition) is 5. The number of aromatic nitrogens is 2. The maximum absolute atomic E-state index is 12.3. The summed E-state index contributed by atoms with van der Waals surface area (Å²) in [7, 11) is 3.61. The number of guanidine groups is 1. The highest BCUT2D eigenvalue weighted by Crippen LogP contribution is 2.16. The molecule has 1 aromatic rings. The predicted octanol–water partition coefficient (Wildman–Crippen LogP) is 0.352. The Labute approximate surface area is 161 Å². The zero-order valence-corrected chi connectivity index (χ0v) is 16.9. The summed E-state index contributed by atoms with van der Waals surface area (Å²) in [6.45, 7) is 8.73. The first kappa shape index (κ1) is 19.7. The van der Waals surface area contributed by atoms with Crippen molar-refractivity contribution in [2.24, 2.45) is 12.0 Å². The number of aryl methyl sites for hydroxylation is 1. The second-order valence-electron chi connectivity index (χ2n) is 7.35. The van der Waals surface area contributed by atoms with E-state index in [0.717, 1.165) is 45.2 Å². The van der Waals surface area contributed by atoms with Gasteiger partial charge in [0.25, 0.3) is 5.56 Å². The van der Waals surface area contributed by atoms with E-state index in [-0.39, 0.29) is 5.56 Å². The number of likely N-dealkylation sites (N-methyl/N-ethyl adjacent to an activating group) is 1. The van der Waals surface area contributed by atoms with Gasteiger partial charge in [-0.05, 0) is 25.9 Å². The highest BCUT2D eigenvalue weighted by molar-refractivity contribution is 5.80. The molecule has 2 saturated heterocycles. The highest BCUT2D eigenvalue weighted by atomic mass is 16.1. The average Bonchev–Trinajstić information content (AvgIpc) is 2.71. The lowest BCUT2D eigenvalue weighted by Gasteiger charge is -2.38. The maximum atomic E-state index is 12.3. The van der Waals surface area contributed by atoms with Crippen molar-refractivity contribution in [3.8, 4) is 0 Å². The van der Waals surface area contributed by atoms with Crippen LogP contribution in [0.25, 0.3) is 0 Å². The monoisotopic (exact) mass is 375 g/mol. The molecule has 2 fully saturated rings. The van der Waals surface area contributed by atoms with E-state index in [9.17, 15) is 4.79 Å². The maximum Gasteiger partial charge on any atom is 0.293 e. The number of aliphatic imine (C=N–C) groups is 1.